The summed E-state index contributed by atoms with van der Waals surface area (Å²) in [4.78, 5) is 12.1. The Morgan fingerprint density at radius 1 is 1.17 bits per heavy atom. The predicted octanol–water partition coefficient (Wildman–Crippen LogP) is 4.19. The first-order chi connectivity index (χ1) is 11.1. The maximum Gasteiger partial charge on any atom is 0.258 e. The number of rotatable bonds is 5. The first-order valence-corrected chi connectivity index (χ1v) is 8.70. The highest BCUT2D eigenvalue weighted by Gasteiger charge is 2.15. The summed E-state index contributed by atoms with van der Waals surface area (Å²) >= 11 is 3.37. The minimum atomic E-state index is -0.110. The zero-order valence-electron chi connectivity index (χ0n) is 13.1. The number of carbonyl (C=O) groups excluding carboxylic acids is 1. The van der Waals surface area contributed by atoms with E-state index in [0.29, 0.717) is 5.75 Å². The molecule has 0 bridgehead atoms. The van der Waals surface area contributed by atoms with Crippen LogP contribution in [0.2, 0.25) is 0 Å². The van der Waals surface area contributed by atoms with Gasteiger partial charge in [-0.3, -0.25) is 4.79 Å². The summed E-state index contributed by atoms with van der Waals surface area (Å²) < 4.78 is 6.49. The van der Waals surface area contributed by atoms with Crippen LogP contribution in [0.15, 0.2) is 46.9 Å². The number of nitrogens with one attached hydrogen (secondary N) is 1. The molecule has 23 heavy (non-hydrogen) atoms. The van der Waals surface area contributed by atoms with Crippen molar-refractivity contribution in [1.82, 2.24) is 5.32 Å². The number of benzene rings is 2. The van der Waals surface area contributed by atoms with E-state index in [1.807, 2.05) is 31.2 Å². The average Bonchev–Trinajstić information content (AvgIpc) is 3.02. The van der Waals surface area contributed by atoms with Crippen molar-refractivity contribution in [3.63, 3.8) is 0 Å². The highest BCUT2D eigenvalue weighted by atomic mass is 79.9. The molecular weight excluding hydrogens is 354 g/mol. The smallest absolute Gasteiger partial charge is 0.258 e. The highest BCUT2D eigenvalue weighted by molar-refractivity contribution is 9.10. The Labute approximate surface area is 145 Å². The van der Waals surface area contributed by atoms with Crippen LogP contribution in [0, 0.1) is 0 Å². The van der Waals surface area contributed by atoms with Gasteiger partial charge in [0.25, 0.3) is 5.91 Å². The third kappa shape index (κ3) is 4.14. The van der Waals surface area contributed by atoms with Crippen LogP contribution in [-0.2, 0) is 17.6 Å². The van der Waals surface area contributed by atoms with Crippen molar-refractivity contribution < 1.29 is 9.53 Å². The van der Waals surface area contributed by atoms with Crippen molar-refractivity contribution in [3.8, 4) is 5.75 Å². The van der Waals surface area contributed by atoms with Gasteiger partial charge in [0.05, 0.1) is 6.04 Å². The molecule has 0 aromatic heterocycles. The zero-order chi connectivity index (χ0) is 16.2. The minimum Gasteiger partial charge on any atom is -0.484 e. The van der Waals surface area contributed by atoms with Gasteiger partial charge in [0.15, 0.2) is 6.61 Å². The Hall–Kier alpha value is -1.81. The fourth-order valence-electron chi connectivity index (χ4n) is 2.91. The fourth-order valence-corrected chi connectivity index (χ4v) is 3.17. The van der Waals surface area contributed by atoms with E-state index in [2.05, 4.69) is 39.4 Å². The molecule has 0 radical (unpaired) electrons. The number of aryl methyl sites for hydroxylation is 2. The maximum absolute atomic E-state index is 12.1. The molecule has 2 aromatic carbocycles. The number of amides is 1. The fraction of sp³-hybridized carbons (Fsp3) is 0.316. The molecule has 0 spiro atoms. The Morgan fingerprint density at radius 2 is 1.91 bits per heavy atom. The number of carbonyl (C=O) groups is 1. The lowest BCUT2D eigenvalue weighted by molar-refractivity contribution is -0.123. The van der Waals surface area contributed by atoms with Gasteiger partial charge in [0.2, 0.25) is 0 Å². The quantitative estimate of drug-likeness (QED) is 0.852. The van der Waals surface area contributed by atoms with Crippen LogP contribution in [0.25, 0.3) is 0 Å². The molecule has 0 aliphatic heterocycles. The molecule has 2 aromatic rings. The van der Waals surface area contributed by atoms with Crippen LogP contribution >= 0.6 is 15.9 Å². The van der Waals surface area contributed by atoms with Crippen LogP contribution in [0.5, 0.6) is 5.75 Å². The molecule has 0 fully saturated rings. The number of hydrogen-bond acceptors (Lipinski definition) is 2. The number of halogens is 1. The van der Waals surface area contributed by atoms with Gasteiger partial charge in [-0.2, -0.15) is 0 Å². The van der Waals surface area contributed by atoms with Gasteiger partial charge in [-0.15, -0.1) is 0 Å². The van der Waals surface area contributed by atoms with Gasteiger partial charge in [0.1, 0.15) is 5.75 Å². The summed E-state index contributed by atoms with van der Waals surface area (Å²) in [5, 5.41) is 3.00. The molecular formula is C19H20BrNO2. The Bertz CT molecular complexity index is 697. The molecule has 3 nitrogen and oxygen atoms in total. The van der Waals surface area contributed by atoms with Gasteiger partial charge in [0, 0.05) is 4.47 Å². The second kappa shape index (κ2) is 7.18. The van der Waals surface area contributed by atoms with Crippen LogP contribution < -0.4 is 10.1 Å². The number of fused-ring (bicyclic) bond motifs is 1. The molecule has 1 N–H and O–H groups in total. The van der Waals surface area contributed by atoms with Gasteiger partial charge >= 0.3 is 0 Å². The first kappa shape index (κ1) is 16.1. The Kier molecular flexibility index (Phi) is 5.01. The first-order valence-electron chi connectivity index (χ1n) is 7.91. The molecule has 0 saturated carbocycles. The molecule has 1 atom stereocenters. The standard InChI is InChI=1S/C19H20BrNO2/c1-13(15-6-5-14-3-2-4-16(14)11-15)21-19(22)12-23-18-9-7-17(20)8-10-18/h5-11,13H,2-4,12H2,1H3,(H,21,22). The summed E-state index contributed by atoms with van der Waals surface area (Å²) in [6, 6.07) is 14.0. The van der Waals surface area contributed by atoms with E-state index in [9.17, 15) is 4.79 Å². The summed E-state index contributed by atoms with van der Waals surface area (Å²) in [7, 11) is 0. The molecule has 1 aliphatic carbocycles. The second-order valence-corrected chi connectivity index (χ2v) is 6.83. The molecule has 4 heteroatoms. The molecule has 120 valence electrons. The highest BCUT2D eigenvalue weighted by Crippen LogP contribution is 2.25. The van der Waals surface area contributed by atoms with Crippen LogP contribution in [0.1, 0.15) is 36.1 Å². The molecule has 1 unspecified atom stereocenters. The molecule has 1 aliphatic rings. The van der Waals surface area contributed by atoms with Gasteiger partial charge in [-0.05, 0) is 67.1 Å². The summed E-state index contributed by atoms with van der Waals surface area (Å²) in [5.74, 6) is 0.578. The van der Waals surface area contributed by atoms with E-state index in [1.54, 1.807) is 0 Å². The van der Waals surface area contributed by atoms with Crippen molar-refractivity contribution in [3.05, 3.63) is 63.6 Å². The lowest BCUT2D eigenvalue weighted by Crippen LogP contribution is -2.31. The molecule has 3 rings (SSSR count). The van der Waals surface area contributed by atoms with Gasteiger partial charge < -0.3 is 10.1 Å². The third-order valence-corrected chi connectivity index (χ3v) is 4.71. The lowest BCUT2D eigenvalue weighted by atomic mass is 10.0. The average molecular weight is 374 g/mol. The van der Waals surface area contributed by atoms with E-state index in [1.165, 1.54) is 24.0 Å². The van der Waals surface area contributed by atoms with Crippen LogP contribution in [-0.4, -0.2) is 12.5 Å². The topological polar surface area (TPSA) is 38.3 Å². The van der Waals surface area contributed by atoms with E-state index in [-0.39, 0.29) is 18.6 Å². The summed E-state index contributed by atoms with van der Waals surface area (Å²) in [6.07, 6.45) is 3.56. The van der Waals surface area contributed by atoms with Gasteiger partial charge in [-0.25, -0.2) is 0 Å². The lowest BCUT2D eigenvalue weighted by Gasteiger charge is -2.16. The maximum atomic E-state index is 12.1. The zero-order valence-corrected chi connectivity index (χ0v) is 14.7. The third-order valence-electron chi connectivity index (χ3n) is 4.18. The molecule has 1 amide bonds. The Balaban J connectivity index is 1.54. The summed E-state index contributed by atoms with van der Waals surface area (Å²) in [5.41, 5.74) is 4.03. The van der Waals surface area contributed by atoms with Crippen LogP contribution in [0.3, 0.4) is 0 Å². The van der Waals surface area contributed by atoms with E-state index >= 15 is 0 Å². The monoisotopic (exact) mass is 373 g/mol. The van der Waals surface area contributed by atoms with Crippen molar-refractivity contribution in [1.29, 1.82) is 0 Å². The second-order valence-electron chi connectivity index (χ2n) is 5.91. The molecule has 0 saturated heterocycles. The van der Waals surface area contributed by atoms with Crippen LogP contribution in [0.4, 0.5) is 0 Å². The normalized spacial score (nSPS) is 14.2. The number of hydrogen-bond donors (Lipinski definition) is 1. The predicted molar refractivity (Wildman–Crippen MR) is 94.7 cm³/mol. The summed E-state index contributed by atoms with van der Waals surface area (Å²) in [6.45, 7) is 2.03. The number of ether oxygens (including phenoxy) is 1. The van der Waals surface area contributed by atoms with Crippen molar-refractivity contribution >= 4 is 21.8 Å². The Morgan fingerprint density at radius 3 is 2.70 bits per heavy atom. The van der Waals surface area contributed by atoms with Crippen molar-refractivity contribution in [2.24, 2.45) is 0 Å². The largest absolute Gasteiger partial charge is 0.484 e. The van der Waals surface area contributed by atoms with Crippen molar-refractivity contribution in [2.45, 2.75) is 32.2 Å². The van der Waals surface area contributed by atoms with E-state index in [4.69, 9.17) is 4.74 Å². The van der Waals surface area contributed by atoms with E-state index < -0.39 is 0 Å². The van der Waals surface area contributed by atoms with Crippen molar-refractivity contribution in [2.75, 3.05) is 6.61 Å². The van der Waals surface area contributed by atoms with E-state index in [0.717, 1.165) is 16.5 Å². The minimum absolute atomic E-state index is 0.0121. The molecule has 0 heterocycles. The van der Waals surface area contributed by atoms with Gasteiger partial charge in [-0.1, -0.05) is 34.1 Å². The SMILES string of the molecule is CC(NC(=O)COc1ccc(Br)cc1)c1ccc2c(c1)CCC2.